The van der Waals surface area contributed by atoms with Crippen molar-refractivity contribution in [2.75, 3.05) is 18.5 Å². The summed E-state index contributed by atoms with van der Waals surface area (Å²) in [5.74, 6) is -0.139. The van der Waals surface area contributed by atoms with Gasteiger partial charge < -0.3 is 0 Å². The van der Waals surface area contributed by atoms with Crippen molar-refractivity contribution in [1.29, 1.82) is 0 Å². The summed E-state index contributed by atoms with van der Waals surface area (Å²) in [5, 5.41) is 2.48. The van der Waals surface area contributed by atoms with E-state index in [0.717, 1.165) is 25.9 Å². The topological polar surface area (TPSA) is 41.1 Å². The Morgan fingerprint density at radius 3 is 2.71 bits per heavy atom. The molecule has 1 aliphatic rings. The van der Waals surface area contributed by atoms with Crippen LogP contribution in [0.25, 0.3) is 10.9 Å². The minimum atomic E-state index is -0.475. The molecule has 1 N–H and O–H groups in total. The Bertz CT molecular complexity index is 537. The third-order valence-electron chi connectivity index (χ3n) is 2.92. The smallest absolute Gasteiger partial charge is 0.240 e. The van der Waals surface area contributed by atoms with Crippen molar-refractivity contribution < 1.29 is 4.39 Å². The summed E-state index contributed by atoms with van der Waals surface area (Å²) >= 11 is 0. The Balaban J connectivity index is 1.94. The zero-order chi connectivity index (χ0) is 11.7. The lowest BCUT2D eigenvalue weighted by atomic mass is 10.2. The second kappa shape index (κ2) is 4.25. The second-order valence-corrected chi connectivity index (χ2v) is 4.16. The first kappa shape index (κ1) is 10.4. The lowest BCUT2D eigenvalue weighted by Crippen LogP contribution is -2.27. The van der Waals surface area contributed by atoms with E-state index in [1.54, 1.807) is 18.2 Å². The van der Waals surface area contributed by atoms with E-state index in [4.69, 9.17) is 0 Å². The van der Waals surface area contributed by atoms with Crippen LogP contribution in [0, 0.1) is 5.95 Å². The minimum Gasteiger partial charge on any atom is -0.287 e. The number of anilines is 1. The highest BCUT2D eigenvalue weighted by molar-refractivity contribution is 5.79. The summed E-state index contributed by atoms with van der Waals surface area (Å²) in [4.78, 5) is 8.13. The number of hydrazine groups is 1. The quantitative estimate of drug-likeness (QED) is 0.806. The molecule has 0 atom stereocenters. The summed E-state index contributed by atoms with van der Waals surface area (Å²) in [6.07, 6.45) is 2.31. The van der Waals surface area contributed by atoms with Crippen LogP contribution in [-0.4, -0.2) is 28.1 Å². The second-order valence-electron chi connectivity index (χ2n) is 4.16. The van der Waals surface area contributed by atoms with E-state index >= 15 is 0 Å². The number of halogens is 1. The van der Waals surface area contributed by atoms with E-state index in [9.17, 15) is 4.39 Å². The van der Waals surface area contributed by atoms with Gasteiger partial charge in [-0.15, -0.1) is 0 Å². The molecule has 0 saturated carbocycles. The first-order valence-electron chi connectivity index (χ1n) is 5.77. The average molecular weight is 232 g/mol. The van der Waals surface area contributed by atoms with Gasteiger partial charge in [0.1, 0.15) is 0 Å². The Labute approximate surface area is 98.5 Å². The Morgan fingerprint density at radius 2 is 1.88 bits per heavy atom. The van der Waals surface area contributed by atoms with Gasteiger partial charge in [-0.25, -0.2) is 9.99 Å². The molecule has 5 heteroatoms. The van der Waals surface area contributed by atoms with Crippen molar-refractivity contribution in [3.63, 3.8) is 0 Å². The standard InChI is InChI=1S/C12H13FN4/c13-11-9-5-1-2-6-10(9)14-12(15-11)16-17-7-3-4-8-17/h1-2,5-6H,3-4,7-8H2,(H,14,15,16). The van der Waals surface area contributed by atoms with Crippen LogP contribution >= 0.6 is 0 Å². The van der Waals surface area contributed by atoms with Crippen molar-refractivity contribution in [1.82, 2.24) is 15.0 Å². The molecule has 0 unspecified atom stereocenters. The van der Waals surface area contributed by atoms with Crippen LogP contribution in [0.5, 0.6) is 0 Å². The van der Waals surface area contributed by atoms with E-state index in [1.165, 1.54) is 0 Å². The molecule has 3 rings (SSSR count). The number of hydrogen-bond donors (Lipinski definition) is 1. The van der Waals surface area contributed by atoms with Gasteiger partial charge in [0.25, 0.3) is 0 Å². The molecule has 0 aliphatic carbocycles. The lowest BCUT2D eigenvalue weighted by molar-refractivity contribution is 0.404. The average Bonchev–Trinajstić information content (AvgIpc) is 2.82. The van der Waals surface area contributed by atoms with Crippen LogP contribution < -0.4 is 5.43 Å². The van der Waals surface area contributed by atoms with Crippen molar-refractivity contribution >= 4 is 16.9 Å². The van der Waals surface area contributed by atoms with Crippen LogP contribution in [0.3, 0.4) is 0 Å². The van der Waals surface area contributed by atoms with Crippen LogP contribution in [0.1, 0.15) is 12.8 Å². The van der Waals surface area contributed by atoms with Gasteiger partial charge in [-0.2, -0.15) is 9.37 Å². The highest BCUT2D eigenvalue weighted by Crippen LogP contribution is 2.17. The number of fused-ring (bicyclic) bond motifs is 1. The molecule has 4 nitrogen and oxygen atoms in total. The molecule has 1 fully saturated rings. The maximum atomic E-state index is 13.7. The summed E-state index contributed by atoms with van der Waals surface area (Å²) in [6.45, 7) is 1.91. The van der Waals surface area contributed by atoms with Gasteiger partial charge in [0, 0.05) is 13.1 Å². The van der Waals surface area contributed by atoms with Crippen molar-refractivity contribution in [2.45, 2.75) is 12.8 Å². The molecule has 1 aromatic heterocycles. The van der Waals surface area contributed by atoms with Crippen molar-refractivity contribution in [2.24, 2.45) is 0 Å². The number of nitrogens with zero attached hydrogens (tertiary/aromatic N) is 3. The number of benzene rings is 1. The largest absolute Gasteiger partial charge is 0.287 e. The predicted molar refractivity (Wildman–Crippen MR) is 63.9 cm³/mol. The van der Waals surface area contributed by atoms with Crippen LogP contribution in [0.2, 0.25) is 0 Å². The summed E-state index contributed by atoms with van der Waals surface area (Å²) in [7, 11) is 0. The van der Waals surface area contributed by atoms with E-state index in [-0.39, 0.29) is 0 Å². The fourth-order valence-electron chi connectivity index (χ4n) is 2.06. The van der Waals surface area contributed by atoms with Crippen molar-refractivity contribution in [3.05, 3.63) is 30.2 Å². The third kappa shape index (κ3) is 2.06. The molecule has 2 heterocycles. The zero-order valence-corrected chi connectivity index (χ0v) is 9.36. The lowest BCUT2D eigenvalue weighted by Gasteiger charge is -2.16. The van der Waals surface area contributed by atoms with E-state index < -0.39 is 5.95 Å². The van der Waals surface area contributed by atoms with Gasteiger partial charge in [-0.05, 0) is 25.0 Å². The maximum absolute atomic E-state index is 13.7. The van der Waals surface area contributed by atoms with Crippen LogP contribution in [0.4, 0.5) is 10.3 Å². The molecule has 2 aromatic rings. The summed E-state index contributed by atoms with van der Waals surface area (Å²) < 4.78 is 13.7. The molecule has 17 heavy (non-hydrogen) atoms. The first-order valence-corrected chi connectivity index (χ1v) is 5.77. The molecular formula is C12H13FN4. The molecule has 0 spiro atoms. The molecule has 88 valence electrons. The number of rotatable bonds is 2. The first-order chi connectivity index (χ1) is 8.33. The number of aromatic nitrogens is 2. The number of hydrogen-bond acceptors (Lipinski definition) is 4. The van der Waals surface area contributed by atoms with Gasteiger partial charge in [-0.1, -0.05) is 12.1 Å². The Hall–Kier alpha value is -1.75. The third-order valence-corrected chi connectivity index (χ3v) is 2.92. The summed E-state index contributed by atoms with van der Waals surface area (Å²) in [5.41, 5.74) is 3.67. The Morgan fingerprint density at radius 1 is 1.12 bits per heavy atom. The molecule has 0 radical (unpaired) electrons. The van der Waals surface area contributed by atoms with Crippen molar-refractivity contribution in [3.8, 4) is 0 Å². The van der Waals surface area contributed by atoms with E-state index in [1.807, 2.05) is 11.1 Å². The number of para-hydroxylation sites is 1. The maximum Gasteiger partial charge on any atom is 0.240 e. The Kier molecular flexibility index (Phi) is 2.60. The molecule has 0 bridgehead atoms. The van der Waals surface area contributed by atoms with Crippen LogP contribution in [-0.2, 0) is 0 Å². The highest BCUT2D eigenvalue weighted by atomic mass is 19.1. The highest BCUT2D eigenvalue weighted by Gasteiger charge is 2.13. The predicted octanol–water partition coefficient (Wildman–Crippen LogP) is 2.19. The van der Waals surface area contributed by atoms with Gasteiger partial charge in [-0.3, -0.25) is 5.43 Å². The molecule has 0 amide bonds. The number of nitrogens with one attached hydrogen (secondary N) is 1. The summed E-state index contributed by atoms with van der Waals surface area (Å²) in [6, 6.07) is 7.09. The minimum absolute atomic E-state index is 0.336. The fraction of sp³-hybridized carbons (Fsp3) is 0.333. The van der Waals surface area contributed by atoms with E-state index in [0.29, 0.717) is 16.9 Å². The van der Waals surface area contributed by atoms with Gasteiger partial charge in [0.05, 0.1) is 10.9 Å². The van der Waals surface area contributed by atoms with Crippen LogP contribution in [0.15, 0.2) is 24.3 Å². The molecular weight excluding hydrogens is 219 g/mol. The monoisotopic (exact) mass is 232 g/mol. The normalized spacial score (nSPS) is 16.5. The van der Waals surface area contributed by atoms with E-state index in [2.05, 4.69) is 15.4 Å². The SMILES string of the molecule is Fc1nc(NN2CCCC2)nc2ccccc12. The van der Waals surface area contributed by atoms with Gasteiger partial charge in [0.15, 0.2) is 0 Å². The molecule has 1 aliphatic heterocycles. The molecule has 1 aromatic carbocycles. The fourth-order valence-corrected chi connectivity index (χ4v) is 2.06. The van der Waals surface area contributed by atoms with Gasteiger partial charge >= 0.3 is 0 Å². The van der Waals surface area contributed by atoms with Gasteiger partial charge in [0.2, 0.25) is 11.9 Å². The zero-order valence-electron chi connectivity index (χ0n) is 9.36. The molecule has 1 saturated heterocycles.